The Kier molecular flexibility index (Phi) is 4.43. The Morgan fingerprint density at radius 1 is 1.36 bits per heavy atom. The number of carbonyl (C=O) groups excluding carboxylic acids is 1. The second-order valence-corrected chi connectivity index (χ2v) is 8.67. The van der Waals surface area contributed by atoms with Gasteiger partial charge in [0.05, 0.1) is 12.2 Å². The van der Waals surface area contributed by atoms with Gasteiger partial charge in [-0.05, 0) is 60.9 Å². The Morgan fingerprint density at radius 2 is 2.25 bits per heavy atom. The number of fused-ring (bicyclic) bond motifs is 1. The molecule has 1 amide bonds. The third-order valence-electron chi connectivity index (χ3n) is 5.68. The summed E-state index contributed by atoms with van der Waals surface area (Å²) in [5, 5.41) is 9.69. The molecule has 1 aliphatic carbocycles. The minimum absolute atomic E-state index is 0.105. The van der Waals surface area contributed by atoms with Crippen LogP contribution in [0.1, 0.15) is 56.6 Å². The highest BCUT2D eigenvalue weighted by Crippen LogP contribution is 2.39. The first-order valence-corrected chi connectivity index (χ1v) is 10.7. The van der Waals surface area contributed by atoms with Crippen molar-refractivity contribution in [3.63, 3.8) is 0 Å². The summed E-state index contributed by atoms with van der Waals surface area (Å²) in [7, 11) is 0. The van der Waals surface area contributed by atoms with Crippen molar-refractivity contribution in [3.8, 4) is 0 Å². The summed E-state index contributed by atoms with van der Waals surface area (Å²) in [6, 6.07) is 10.1. The maximum absolute atomic E-state index is 13.1. The minimum atomic E-state index is 0.105. The number of rotatable bonds is 5. The van der Waals surface area contributed by atoms with Crippen molar-refractivity contribution in [1.82, 2.24) is 10.1 Å². The third kappa shape index (κ3) is 3.33. The van der Waals surface area contributed by atoms with E-state index in [0.717, 1.165) is 41.2 Å². The lowest BCUT2D eigenvalue weighted by molar-refractivity contribution is 0.0735. The van der Waals surface area contributed by atoms with E-state index in [1.54, 1.807) is 11.3 Å². The van der Waals surface area contributed by atoms with Crippen LogP contribution in [0.5, 0.6) is 0 Å². The van der Waals surface area contributed by atoms with Gasteiger partial charge in [0.1, 0.15) is 0 Å². The van der Waals surface area contributed by atoms with Crippen LogP contribution < -0.4 is 5.32 Å². The molecule has 28 heavy (non-hydrogen) atoms. The number of hydrogen-bond donors (Lipinski definition) is 1. The first kappa shape index (κ1) is 17.5. The molecule has 2 aromatic heterocycles. The molecule has 5 nitrogen and oxygen atoms in total. The molecule has 1 fully saturated rings. The van der Waals surface area contributed by atoms with Gasteiger partial charge in [0.2, 0.25) is 0 Å². The monoisotopic (exact) mass is 393 g/mol. The summed E-state index contributed by atoms with van der Waals surface area (Å²) in [5.41, 5.74) is 5.05. The van der Waals surface area contributed by atoms with Crippen LogP contribution >= 0.6 is 11.3 Å². The van der Waals surface area contributed by atoms with Crippen LogP contribution in [0.15, 0.2) is 40.2 Å². The molecule has 6 heteroatoms. The SMILES string of the molecule is Cc1c(NCc2cc(C3CC3)no2)cccc1C(=O)N1CCc2sccc2C1. The van der Waals surface area contributed by atoms with E-state index in [1.165, 1.54) is 23.3 Å². The van der Waals surface area contributed by atoms with Gasteiger partial charge in [-0.3, -0.25) is 4.79 Å². The number of amides is 1. The molecule has 0 bridgehead atoms. The maximum atomic E-state index is 13.1. The lowest BCUT2D eigenvalue weighted by Gasteiger charge is -2.28. The van der Waals surface area contributed by atoms with Gasteiger partial charge in [-0.1, -0.05) is 11.2 Å². The fraction of sp³-hybridized carbons (Fsp3) is 0.364. The Labute approximate surface area is 168 Å². The zero-order valence-electron chi connectivity index (χ0n) is 15.9. The van der Waals surface area contributed by atoms with E-state index in [2.05, 4.69) is 21.9 Å². The quantitative estimate of drug-likeness (QED) is 0.681. The number of aromatic nitrogens is 1. The first-order chi connectivity index (χ1) is 13.7. The molecular formula is C22H23N3O2S. The second kappa shape index (κ2) is 7.09. The highest BCUT2D eigenvalue weighted by Gasteiger charge is 2.27. The lowest BCUT2D eigenvalue weighted by Crippen LogP contribution is -2.35. The minimum Gasteiger partial charge on any atom is -0.377 e. The van der Waals surface area contributed by atoms with Gasteiger partial charge in [-0.25, -0.2) is 0 Å². The van der Waals surface area contributed by atoms with E-state index < -0.39 is 0 Å². The molecule has 0 atom stereocenters. The van der Waals surface area contributed by atoms with Crippen LogP contribution in [0.2, 0.25) is 0 Å². The smallest absolute Gasteiger partial charge is 0.254 e. The summed E-state index contributed by atoms with van der Waals surface area (Å²) in [5.74, 6) is 1.53. The standard InChI is InChI=1S/C22H23N3O2S/c1-14-18(22(26)25-9-7-21-16(13-25)8-10-28-21)3-2-4-19(14)23-12-17-11-20(24-27-17)15-5-6-15/h2-4,8,10-11,15,23H,5-7,9,12-13H2,1H3. The van der Waals surface area contributed by atoms with E-state index in [-0.39, 0.29) is 5.91 Å². The van der Waals surface area contributed by atoms with Crippen molar-refractivity contribution in [2.75, 3.05) is 11.9 Å². The summed E-state index contributed by atoms with van der Waals surface area (Å²) in [6.07, 6.45) is 3.38. The molecule has 0 saturated heterocycles. The van der Waals surface area contributed by atoms with Gasteiger partial charge in [0.15, 0.2) is 5.76 Å². The number of thiophene rings is 1. The number of hydrogen-bond acceptors (Lipinski definition) is 5. The third-order valence-corrected chi connectivity index (χ3v) is 6.71. The topological polar surface area (TPSA) is 58.4 Å². The molecule has 5 rings (SSSR count). The molecule has 1 aliphatic heterocycles. The fourth-order valence-corrected chi connectivity index (χ4v) is 4.71. The van der Waals surface area contributed by atoms with Crippen molar-refractivity contribution in [2.45, 2.75) is 45.2 Å². The maximum Gasteiger partial charge on any atom is 0.254 e. The second-order valence-electron chi connectivity index (χ2n) is 7.67. The number of nitrogens with zero attached hydrogens (tertiary/aromatic N) is 2. The van der Waals surface area contributed by atoms with Crippen molar-refractivity contribution in [2.24, 2.45) is 0 Å². The molecule has 0 radical (unpaired) electrons. The molecule has 3 heterocycles. The van der Waals surface area contributed by atoms with Gasteiger partial charge < -0.3 is 14.7 Å². The van der Waals surface area contributed by atoms with E-state index in [9.17, 15) is 4.79 Å². The Bertz CT molecular complexity index is 1020. The predicted octanol–water partition coefficient (Wildman–Crippen LogP) is 4.73. The number of benzene rings is 1. The predicted molar refractivity (Wildman–Crippen MR) is 110 cm³/mol. The average molecular weight is 394 g/mol. The molecule has 144 valence electrons. The molecule has 0 unspecified atom stereocenters. The van der Waals surface area contributed by atoms with Crippen molar-refractivity contribution in [1.29, 1.82) is 0 Å². The Morgan fingerprint density at radius 3 is 3.11 bits per heavy atom. The zero-order chi connectivity index (χ0) is 19.1. The van der Waals surface area contributed by atoms with Gasteiger partial charge >= 0.3 is 0 Å². The largest absolute Gasteiger partial charge is 0.377 e. The normalized spacial score (nSPS) is 16.1. The van der Waals surface area contributed by atoms with Gasteiger partial charge in [0, 0.05) is 41.2 Å². The van der Waals surface area contributed by atoms with Gasteiger partial charge in [0.25, 0.3) is 5.91 Å². The van der Waals surface area contributed by atoms with E-state index >= 15 is 0 Å². The highest BCUT2D eigenvalue weighted by molar-refractivity contribution is 7.10. The number of nitrogens with one attached hydrogen (secondary N) is 1. The molecule has 1 saturated carbocycles. The Balaban J connectivity index is 1.30. The van der Waals surface area contributed by atoms with Crippen LogP contribution in [0.4, 0.5) is 5.69 Å². The van der Waals surface area contributed by atoms with Crippen LogP contribution in [0.3, 0.4) is 0 Å². The zero-order valence-corrected chi connectivity index (χ0v) is 16.7. The number of carbonyl (C=O) groups is 1. The number of anilines is 1. The molecule has 2 aliphatic rings. The molecular weight excluding hydrogens is 370 g/mol. The Hall–Kier alpha value is -2.60. The summed E-state index contributed by atoms with van der Waals surface area (Å²) in [4.78, 5) is 16.5. The van der Waals surface area contributed by atoms with Crippen molar-refractivity contribution < 1.29 is 9.32 Å². The van der Waals surface area contributed by atoms with Crippen molar-refractivity contribution >= 4 is 22.9 Å². The van der Waals surface area contributed by atoms with Crippen LogP contribution in [-0.4, -0.2) is 22.5 Å². The molecule has 1 N–H and O–H groups in total. The summed E-state index contributed by atoms with van der Waals surface area (Å²) in [6.45, 7) is 4.06. The highest BCUT2D eigenvalue weighted by atomic mass is 32.1. The van der Waals surface area contributed by atoms with Crippen LogP contribution in [0.25, 0.3) is 0 Å². The first-order valence-electron chi connectivity index (χ1n) is 9.82. The molecule has 3 aromatic rings. The molecule has 1 aromatic carbocycles. The lowest BCUT2D eigenvalue weighted by atomic mass is 10.0. The average Bonchev–Trinajstić information content (AvgIpc) is 3.26. The van der Waals surface area contributed by atoms with Gasteiger partial charge in [-0.2, -0.15) is 0 Å². The van der Waals surface area contributed by atoms with E-state index in [0.29, 0.717) is 19.0 Å². The summed E-state index contributed by atoms with van der Waals surface area (Å²) < 4.78 is 5.44. The van der Waals surface area contributed by atoms with E-state index in [4.69, 9.17) is 4.52 Å². The summed E-state index contributed by atoms with van der Waals surface area (Å²) >= 11 is 1.79. The van der Waals surface area contributed by atoms with Gasteiger partial charge in [-0.15, -0.1) is 11.3 Å². The molecule has 0 spiro atoms. The van der Waals surface area contributed by atoms with E-state index in [1.807, 2.05) is 36.1 Å². The fourth-order valence-electron chi connectivity index (χ4n) is 3.82. The van der Waals surface area contributed by atoms with Crippen LogP contribution in [0, 0.1) is 6.92 Å². The van der Waals surface area contributed by atoms with Crippen LogP contribution in [-0.2, 0) is 19.5 Å². The van der Waals surface area contributed by atoms with Crippen molar-refractivity contribution in [3.05, 3.63) is 68.7 Å².